The topological polar surface area (TPSA) is 75.3 Å². The van der Waals surface area contributed by atoms with Crippen LogP contribution >= 0.6 is 22.9 Å². The number of nitrogen functional groups attached to an aromatic ring is 1. The largest absolute Gasteiger partial charge is 0.397 e. The van der Waals surface area contributed by atoms with Gasteiger partial charge in [-0.25, -0.2) is 0 Å². The van der Waals surface area contributed by atoms with Crippen LogP contribution in [-0.2, 0) is 0 Å². The maximum atomic E-state index is 12.3. The first kappa shape index (κ1) is 15.1. The Kier molecular flexibility index (Phi) is 4.52. The molecule has 1 aromatic heterocycles. The summed E-state index contributed by atoms with van der Waals surface area (Å²) in [5.74, 6) is -0.110. The van der Waals surface area contributed by atoms with Crippen molar-refractivity contribution in [1.29, 1.82) is 0 Å². The number of amides is 1. The first-order valence-corrected chi connectivity index (χ1v) is 7.52. The molecule has 0 aliphatic heterocycles. The highest BCUT2D eigenvalue weighted by Crippen LogP contribution is 2.35. The zero-order chi connectivity index (χ0) is 14.9. The second kappa shape index (κ2) is 5.99. The average molecular weight is 313 g/mol. The van der Waals surface area contributed by atoms with E-state index in [2.05, 4.69) is 5.32 Å². The zero-order valence-corrected chi connectivity index (χ0v) is 12.9. The van der Waals surface area contributed by atoms with Crippen molar-refractivity contribution in [3.8, 4) is 0 Å². The van der Waals surface area contributed by atoms with Crippen molar-refractivity contribution < 1.29 is 9.90 Å². The van der Waals surface area contributed by atoms with Gasteiger partial charge in [0.25, 0.3) is 5.91 Å². The number of nitrogens with two attached hydrogens (primary N) is 1. The number of benzene rings is 1. The second-order valence-corrected chi connectivity index (χ2v) is 6.48. The number of carbonyl (C=O) groups is 1. The number of halogens is 1. The maximum absolute atomic E-state index is 12.3. The van der Waals surface area contributed by atoms with Crippen LogP contribution in [0.3, 0.4) is 0 Å². The van der Waals surface area contributed by atoms with E-state index in [0.29, 0.717) is 15.6 Å². The summed E-state index contributed by atoms with van der Waals surface area (Å²) in [7, 11) is 0. The molecule has 0 spiro atoms. The van der Waals surface area contributed by atoms with Crippen LogP contribution in [0.5, 0.6) is 0 Å². The molecule has 6 heteroatoms. The van der Waals surface area contributed by atoms with Crippen molar-refractivity contribution in [2.24, 2.45) is 5.92 Å². The summed E-state index contributed by atoms with van der Waals surface area (Å²) in [5, 5.41) is 13.5. The minimum atomic E-state index is -0.282. The van der Waals surface area contributed by atoms with Crippen LogP contribution in [0.25, 0.3) is 10.1 Å². The van der Waals surface area contributed by atoms with Crippen LogP contribution in [0, 0.1) is 5.92 Å². The van der Waals surface area contributed by atoms with E-state index >= 15 is 0 Å². The summed E-state index contributed by atoms with van der Waals surface area (Å²) >= 11 is 7.27. The van der Waals surface area contributed by atoms with Crippen molar-refractivity contribution in [1.82, 2.24) is 5.32 Å². The molecule has 1 aromatic carbocycles. The highest BCUT2D eigenvalue weighted by Gasteiger charge is 2.21. The van der Waals surface area contributed by atoms with Gasteiger partial charge in [0, 0.05) is 15.1 Å². The lowest BCUT2D eigenvalue weighted by atomic mass is 10.1. The molecule has 108 valence electrons. The predicted octanol–water partition coefficient (Wildman–Crippen LogP) is 2.88. The van der Waals surface area contributed by atoms with Gasteiger partial charge in [0.1, 0.15) is 4.88 Å². The molecular formula is C14H17ClN2O2S. The Bertz CT molecular complexity index is 639. The van der Waals surface area contributed by atoms with E-state index in [4.69, 9.17) is 17.3 Å². The van der Waals surface area contributed by atoms with Crippen LogP contribution < -0.4 is 11.1 Å². The van der Waals surface area contributed by atoms with Gasteiger partial charge in [-0.2, -0.15) is 0 Å². The van der Waals surface area contributed by atoms with Gasteiger partial charge in [0.2, 0.25) is 0 Å². The Balaban J connectivity index is 2.33. The lowest BCUT2D eigenvalue weighted by molar-refractivity contribution is 0.0902. The monoisotopic (exact) mass is 312 g/mol. The molecule has 1 atom stereocenters. The van der Waals surface area contributed by atoms with E-state index in [9.17, 15) is 9.90 Å². The minimum Gasteiger partial charge on any atom is -0.397 e. The first-order valence-electron chi connectivity index (χ1n) is 6.33. The van der Waals surface area contributed by atoms with Gasteiger partial charge in [-0.05, 0) is 24.1 Å². The molecule has 0 radical (unpaired) electrons. The number of carbonyl (C=O) groups excluding carboxylic acids is 1. The van der Waals surface area contributed by atoms with E-state index in [1.54, 1.807) is 12.1 Å². The van der Waals surface area contributed by atoms with Gasteiger partial charge < -0.3 is 16.2 Å². The number of rotatable bonds is 4. The van der Waals surface area contributed by atoms with E-state index in [-0.39, 0.29) is 24.5 Å². The van der Waals surface area contributed by atoms with Crippen molar-refractivity contribution in [2.45, 2.75) is 19.9 Å². The van der Waals surface area contributed by atoms with Crippen LogP contribution in [-0.4, -0.2) is 23.7 Å². The van der Waals surface area contributed by atoms with Gasteiger partial charge in [-0.1, -0.05) is 25.4 Å². The number of nitrogens with one attached hydrogen (secondary N) is 1. The molecule has 0 saturated carbocycles. The maximum Gasteiger partial charge on any atom is 0.263 e. The molecule has 0 aliphatic rings. The molecule has 1 amide bonds. The molecule has 0 aliphatic carbocycles. The molecule has 1 heterocycles. The number of thiophene rings is 1. The van der Waals surface area contributed by atoms with Crippen molar-refractivity contribution in [3.63, 3.8) is 0 Å². The summed E-state index contributed by atoms with van der Waals surface area (Å²) in [5.41, 5.74) is 6.47. The van der Waals surface area contributed by atoms with Crippen LogP contribution in [0.4, 0.5) is 5.69 Å². The standard InChI is InChI=1S/C14H17ClN2O2S/c1-7(2)10(6-18)17-14(19)13-12(16)9-5-8(15)3-4-11(9)20-13/h3-5,7,10,18H,6,16H2,1-2H3,(H,17,19). The van der Waals surface area contributed by atoms with Crippen molar-refractivity contribution >= 4 is 44.6 Å². The average Bonchev–Trinajstić information content (AvgIpc) is 2.73. The number of fused-ring (bicyclic) bond motifs is 1. The SMILES string of the molecule is CC(C)C(CO)NC(=O)c1sc2ccc(Cl)cc2c1N. The third-order valence-corrected chi connectivity index (χ3v) is 4.63. The normalized spacial score (nSPS) is 12.8. The van der Waals surface area contributed by atoms with Gasteiger partial charge >= 0.3 is 0 Å². The number of anilines is 1. The molecule has 0 saturated heterocycles. The van der Waals surface area contributed by atoms with Gasteiger partial charge in [-0.15, -0.1) is 11.3 Å². The molecular weight excluding hydrogens is 296 g/mol. The molecule has 20 heavy (non-hydrogen) atoms. The summed E-state index contributed by atoms with van der Waals surface area (Å²) in [6, 6.07) is 5.09. The van der Waals surface area contributed by atoms with E-state index < -0.39 is 0 Å². The number of aliphatic hydroxyl groups excluding tert-OH is 1. The van der Waals surface area contributed by atoms with Crippen molar-refractivity contribution in [2.75, 3.05) is 12.3 Å². The third kappa shape index (κ3) is 2.90. The zero-order valence-electron chi connectivity index (χ0n) is 11.3. The second-order valence-electron chi connectivity index (χ2n) is 4.99. The van der Waals surface area contributed by atoms with E-state index in [1.165, 1.54) is 11.3 Å². The fraction of sp³-hybridized carbons (Fsp3) is 0.357. The Labute approximate surface area is 126 Å². The summed E-state index contributed by atoms with van der Waals surface area (Å²) < 4.78 is 0.919. The molecule has 1 unspecified atom stereocenters. The molecule has 0 fully saturated rings. The lowest BCUT2D eigenvalue weighted by Gasteiger charge is -2.19. The summed E-state index contributed by atoms with van der Waals surface area (Å²) in [6.45, 7) is 3.78. The lowest BCUT2D eigenvalue weighted by Crippen LogP contribution is -2.41. The Morgan fingerprint density at radius 3 is 2.80 bits per heavy atom. The molecule has 0 bridgehead atoms. The van der Waals surface area contributed by atoms with E-state index in [1.807, 2.05) is 19.9 Å². The third-order valence-electron chi connectivity index (χ3n) is 3.21. The molecule has 4 nitrogen and oxygen atoms in total. The fourth-order valence-corrected chi connectivity index (χ4v) is 3.09. The first-order chi connectivity index (χ1) is 9.43. The Morgan fingerprint density at radius 2 is 2.20 bits per heavy atom. The number of hydrogen-bond donors (Lipinski definition) is 3. The minimum absolute atomic E-state index is 0.0972. The number of aliphatic hydroxyl groups is 1. The summed E-state index contributed by atoms with van der Waals surface area (Å²) in [4.78, 5) is 12.7. The highest BCUT2D eigenvalue weighted by atomic mass is 35.5. The molecule has 2 rings (SSSR count). The van der Waals surface area contributed by atoms with Gasteiger partial charge in [0.05, 0.1) is 18.3 Å². The smallest absolute Gasteiger partial charge is 0.263 e. The van der Waals surface area contributed by atoms with Crippen LogP contribution in [0.1, 0.15) is 23.5 Å². The van der Waals surface area contributed by atoms with E-state index in [0.717, 1.165) is 10.1 Å². The molecule has 4 N–H and O–H groups in total. The highest BCUT2D eigenvalue weighted by molar-refractivity contribution is 7.21. The fourth-order valence-electron chi connectivity index (χ4n) is 1.91. The summed E-state index contributed by atoms with van der Waals surface area (Å²) in [6.07, 6.45) is 0. The predicted molar refractivity (Wildman–Crippen MR) is 84.4 cm³/mol. The van der Waals surface area contributed by atoms with Crippen LogP contribution in [0.2, 0.25) is 5.02 Å². The van der Waals surface area contributed by atoms with Crippen LogP contribution in [0.15, 0.2) is 18.2 Å². The Hall–Kier alpha value is -1.30. The van der Waals surface area contributed by atoms with Gasteiger partial charge in [0.15, 0.2) is 0 Å². The number of hydrogen-bond acceptors (Lipinski definition) is 4. The Morgan fingerprint density at radius 1 is 1.50 bits per heavy atom. The quantitative estimate of drug-likeness (QED) is 0.812. The van der Waals surface area contributed by atoms with Crippen molar-refractivity contribution in [3.05, 3.63) is 28.1 Å². The molecule has 2 aromatic rings. The van der Waals surface area contributed by atoms with Gasteiger partial charge in [-0.3, -0.25) is 4.79 Å².